The topological polar surface area (TPSA) is 36.9 Å². The number of rotatable bonds is 3. The van der Waals surface area contributed by atoms with Crippen molar-refractivity contribution >= 4 is 53.4 Å². The monoisotopic (exact) mass is 527 g/mol. The summed E-state index contributed by atoms with van der Waals surface area (Å²) in [5, 5.41) is 14.5. The van der Waals surface area contributed by atoms with Crippen molar-refractivity contribution in [1.82, 2.24) is 0 Å². The molecule has 0 unspecified atom stereocenters. The van der Waals surface area contributed by atoms with Crippen LogP contribution in [0.25, 0.3) is 75.5 Å². The number of benzene rings is 6. The first-order valence-electron chi connectivity index (χ1n) is 13.2. The normalized spacial score (nSPS) is 11.5. The minimum atomic E-state index is 0.644. The Morgan fingerprint density at radius 1 is 0.500 bits per heavy atom. The average molecular weight is 528 g/mol. The summed E-state index contributed by atoms with van der Waals surface area (Å²) >= 11 is 1.83. The first kappa shape index (κ1) is 22.8. The van der Waals surface area contributed by atoms with Gasteiger partial charge in [0, 0.05) is 30.9 Å². The predicted octanol–water partition coefficient (Wildman–Crippen LogP) is 10.8. The number of furan rings is 1. The molecule has 8 rings (SSSR count). The number of nitrogens with zero attached hydrogens (tertiary/aromatic N) is 1. The Kier molecular flexibility index (Phi) is 5.10. The maximum atomic E-state index is 9.70. The van der Waals surface area contributed by atoms with Crippen LogP contribution in [0.1, 0.15) is 5.56 Å². The van der Waals surface area contributed by atoms with Crippen LogP contribution in [-0.4, -0.2) is 0 Å². The van der Waals surface area contributed by atoms with E-state index in [0.717, 1.165) is 55.3 Å². The fourth-order valence-corrected chi connectivity index (χ4v) is 6.96. The van der Waals surface area contributed by atoms with Crippen LogP contribution in [-0.2, 0) is 0 Å². The van der Waals surface area contributed by atoms with Crippen molar-refractivity contribution in [1.29, 1.82) is 5.26 Å². The van der Waals surface area contributed by atoms with Crippen molar-refractivity contribution < 1.29 is 4.42 Å². The van der Waals surface area contributed by atoms with Crippen molar-refractivity contribution in [2.24, 2.45) is 0 Å². The molecular formula is C37H21NOS. The molecule has 8 aromatic rings. The van der Waals surface area contributed by atoms with E-state index in [1.54, 1.807) is 0 Å². The van der Waals surface area contributed by atoms with Gasteiger partial charge < -0.3 is 4.42 Å². The van der Waals surface area contributed by atoms with Crippen molar-refractivity contribution in [2.75, 3.05) is 0 Å². The van der Waals surface area contributed by atoms with Crippen molar-refractivity contribution in [3.05, 3.63) is 133 Å². The maximum absolute atomic E-state index is 9.70. The number of nitriles is 1. The van der Waals surface area contributed by atoms with Gasteiger partial charge in [0.1, 0.15) is 11.2 Å². The molecule has 40 heavy (non-hydrogen) atoms. The van der Waals surface area contributed by atoms with Gasteiger partial charge in [-0.05, 0) is 81.9 Å². The van der Waals surface area contributed by atoms with E-state index >= 15 is 0 Å². The zero-order valence-corrected chi connectivity index (χ0v) is 22.2. The summed E-state index contributed by atoms with van der Waals surface area (Å²) in [4.78, 5) is 0. The van der Waals surface area contributed by atoms with E-state index in [2.05, 4.69) is 97.1 Å². The van der Waals surface area contributed by atoms with Gasteiger partial charge in [-0.15, -0.1) is 11.3 Å². The summed E-state index contributed by atoms with van der Waals surface area (Å²) in [5.41, 5.74) is 8.99. The lowest BCUT2D eigenvalue weighted by atomic mass is 9.86. The summed E-state index contributed by atoms with van der Waals surface area (Å²) in [7, 11) is 0. The second-order valence-corrected chi connectivity index (χ2v) is 11.1. The third kappa shape index (κ3) is 3.55. The SMILES string of the molecule is N#Cc1cccc(-c2c(-c3ccc4c(c3)oc3ccccc34)cccc2-c2ccc3sc4ccccc4c3c2)c1. The standard InChI is InChI=1S/C37H21NOS/c38-22-23-7-5-8-26(19-23)37-27(24-16-18-36-32(20-24)31-10-2-4-14-35(31)40-36)11-6-12-28(37)25-15-17-30-29-9-1-3-13-33(29)39-34(30)21-25/h1-21H. The van der Waals surface area contributed by atoms with Gasteiger partial charge in [0.25, 0.3) is 0 Å². The molecule has 0 fully saturated rings. The number of para-hydroxylation sites is 1. The molecule has 0 bridgehead atoms. The smallest absolute Gasteiger partial charge is 0.136 e. The van der Waals surface area contributed by atoms with Gasteiger partial charge in [0.15, 0.2) is 0 Å². The molecule has 0 aliphatic heterocycles. The Labute approximate surface area is 235 Å². The predicted molar refractivity (Wildman–Crippen MR) is 168 cm³/mol. The van der Waals surface area contributed by atoms with Crippen molar-refractivity contribution in [2.45, 2.75) is 0 Å². The molecule has 2 nitrogen and oxygen atoms in total. The average Bonchev–Trinajstić information content (AvgIpc) is 3.58. The van der Waals surface area contributed by atoms with E-state index in [9.17, 15) is 5.26 Å². The molecule has 0 saturated heterocycles. The van der Waals surface area contributed by atoms with Gasteiger partial charge in [0.05, 0.1) is 11.6 Å². The second-order valence-electron chi connectivity index (χ2n) is 10.0. The quantitative estimate of drug-likeness (QED) is 0.229. The van der Waals surface area contributed by atoms with E-state index in [-0.39, 0.29) is 0 Å². The molecule has 0 aliphatic carbocycles. The lowest BCUT2D eigenvalue weighted by molar-refractivity contribution is 0.669. The van der Waals surface area contributed by atoms with E-state index < -0.39 is 0 Å². The van der Waals surface area contributed by atoms with Crippen molar-refractivity contribution in [3.63, 3.8) is 0 Å². The number of hydrogen-bond acceptors (Lipinski definition) is 3. The van der Waals surface area contributed by atoms with Gasteiger partial charge in [-0.1, -0.05) is 78.9 Å². The molecule has 3 heteroatoms. The van der Waals surface area contributed by atoms with E-state index in [0.29, 0.717) is 5.56 Å². The van der Waals surface area contributed by atoms with Gasteiger partial charge in [-0.25, -0.2) is 0 Å². The molecule has 0 aliphatic rings. The minimum absolute atomic E-state index is 0.644. The van der Waals surface area contributed by atoms with Gasteiger partial charge in [-0.2, -0.15) is 5.26 Å². The highest BCUT2D eigenvalue weighted by molar-refractivity contribution is 7.25. The molecule has 0 atom stereocenters. The molecule has 0 amide bonds. The van der Waals surface area contributed by atoms with Crippen LogP contribution < -0.4 is 0 Å². The van der Waals surface area contributed by atoms with Crippen LogP contribution in [0.5, 0.6) is 0 Å². The molecule has 0 spiro atoms. The third-order valence-electron chi connectivity index (χ3n) is 7.72. The Morgan fingerprint density at radius 2 is 1.20 bits per heavy atom. The van der Waals surface area contributed by atoms with Gasteiger partial charge in [0.2, 0.25) is 0 Å². The summed E-state index contributed by atoms with van der Waals surface area (Å²) < 4.78 is 8.83. The van der Waals surface area contributed by atoms with Gasteiger partial charge >= 0.3 is 0 Å². The van der Waals surface area contributed by atoms with E-state index in [1.807, 2.05) is 47.7 Å². The lowest BCUT2D eigenvalue weighted by Crippen LogP contribution is -1.91. The fraction of sp³-hybridized carbons (Fsp3) is 0. The van der Waals surface area contributed by atoms with Crippen LogP contribution in [0.15, 0.2) is 132 Å². The van der Waals surface area contributed by atoms with Crippen molar-refractivity contribution in [3.8, 4) is 39.4 Å². The Morgan fingerprint density at radius 3 is 2.08 bits per heavy atom. The summed E-state index contributed by atoms with van der Waals surface area (Å²) in [6.45, 7) is 0. The minimum Gasteiger partial charge on any atom is -0.456 e. The first-order valence-corrected chi connectivity index (χ1v) is 14.1. The van der Waals surface area contributed by atoms with Gasteiger partial charge in [-0.3, -0.25) is 0 Å². The molecule has 2 heterocycles. The molecule has 0 radical (unpaired) electrons. The summed E-state index contributed by atoms with van der Waals surface area (Å²) in [6, 6.07) is 46.7. The molecule has 6 aromatic carbocycles. The molecule has 2 aromatic heterocycles. The number of hydrogen-bond donors (Lipinski definition) is 0. The highest BCUT2D eigenvalue weighted by atomic mass is 32.1. The number of thiophene rings is 1. The highest BCUT2D eigenvalue weighted by Crippen LogP contribution is 2.43. The lowest BCUT2D eigenvalue weighted by Gasteiger charge is -2.17. The summed E-state index contributed by atoms with van der Waals surface area (Å²) in [6.07, 6.45) is 0. The second kappa shape index (κ2) is 8.95. The molecule has 0 N–H and O–H groups in total. The van der Waals surface area contributed by atoms with E-state index in [4.69, 9.17) is 4.42 Å². The molecular weight excluding hydrogens is 506 g/mol. The molecule has 186 valence electrons. The third-order valence-corrected chi connectivity index (χ3v) is 8.87. The Hall–Kier alpha value is -5.17. The van der Waals surface area contributed by atoms with Crippen LogP contribution in [0, 0.1) is 11.3 Å². The Bertz CT molecular complexity index is 2300. The Balaban J connectivity index is 1.40. The van der Waals surface area contributed by atoms with Crippen LogP contribution >= 0.6 is 11.3 Å². The zero-order chi connectivity index (χ0) is 26.6. The zero-order valence-electron chi connectivity index (χ0n) is 21.4. The number of fused-ring (bicyclic) bond motifs is 6. The first-order chi connectivity index (χ1) is 19.8. The largest absolute Gasteiger partial charge is 0.456 e. The molecule has 0 saturated carbocycles. The fourth-order valence-electron chi connectivity index (χ4n) is 5.88. The summed E-state index contributed by atoms with van der Waals surface area (Å²) in [5.74, 6) is 0. The van der Waals surface area contributed by atoms with E-state index in [1.165, 1.54) is 20.2 Å². The maximum Gasteiger partial charge on any atom is 0.136 e. The van der Waals surface area contributed by atoms with Crippen LogP contribution in [0.3, 0.4) is 0 Å². The van der Waals surface area contributed by atoms with Crippen LogP contribution in [0.2, 0.25) is 0 Å². The highest BCUT2D eigenvalue weighted by Gasteiger charge is 2.17. The van der Waals surface area contributed by atoms with Crippen LogP contribution in [0.4, 0.5) is 0 Å².